The first-order chi connectivity index (χ1) is 12.6. The van der Waals surface area contributed by atoms with Crippen molar-refractivity contribution in [2.75, 3.05) is 5.32 Å². The normalized spacial score (nSPS) is 18.7. The number of benzene rings is 2. The molecule has 0 spiro atoms. The van der Waals surface area contributed by atoms with E-state index < -0.39 is 17.7 Å². The average molecular weight is 409 g/mol. The molecule has 0 bridgehead atoms. The maximum Gasteiger partial charge on any atom is 0.277 e. The standard InChI is InChI=1S/C19H13BrN4O2/c20-12-6-4-5-11(9-12)15-14(10-21)18(25)22-17-16(15)19(26)24(23-17)13-7-2-1-3-8-13/h1-9,14-15,23H,(H,22,25)/t14-,15-/m0/s1. The van der Waals surface area contributed by atoms with Gasteiger partial charge in [-0.15, -0.1) is 0 Å². The molecule has 26 heavy (non-hydrogen) atoms. The number of nitrogens with one attached hydrogen (secondary N) is 2. The van der Waals surface area contributed by atoms with Crippen molar-refractivity contribution in [1.29, 1.82) is 5.26 Å². The lowest BCUT2D eigenvalue weighted by atomic mass is 9.79. The zero-order valence-corrected chi connectivity index (χ0v) is 15.0. The van der Waals surface area contributed by atoms with Gasteiger partial charge >= 0.3 is 0 Å². The first-order valence-corrected chi connectivity index (χ1v) is 8.75. The van der Waals surface area contributed by atoms with Gasteiger partial charge in [0, 0.05) is 10.4 Å². The summed E-state index contributed by atoms with van der Waals surface area (Å²) in [6.45, 7) is 0. The van der Waals surface area contributed by atoms with Gasteiger partial charge in [-0.2, -0.15) is 5.26 Å². The second-order valence-electron chi connectivity index (χ2n) is 6.01. The number of H-pyrrole nitrogens is 1. The van der Waals surface area contributed by atoms with Gasteiger partial charge in [-0.1, -0.05) is 46.3 Å². The Balaban J connectivity index is 1.96. The summed E-state index contributed by atoms with van der Waals surface area (Å²) in [5, 5.41) is 15.2. The molecule has 0 aliphatic carbocycles. The number of carbonyl (C=O) groups excluding carboxylic acids is 1. The fraction of sp³-hybridized carbons (Fsp3) is 0.105. The number of hydrogen-bond acceptors (Lipinski definition) is 3. The van der Waals surface area contributed by atoms with Crippen LogP contribution in [0.3, 0.4) is 0 Å². The maximum absolute atomic E-state index is 13.1. The number of amides is 1. The van der Waals surface area contributed by atoms with E-state index in [2.05, 4.69) is 26.3 Å². The molecule has 128 valence electrons. The number of fused-ring (bicyclic) bond motifs is 1. The molecule has 4 rings (SSSR count). The largest absolute Gasteiger partial charge is 0.310 e. The van der Waals surface area contributed by atoms with Crippen molar-refractivity contribution in [3.05, 3.63) is 80.6 Å². The molecule has 1 aromatic heterocycles. The zero-order chi connectivity index (χ0) is 18.3. The van der Waals surface area contributed by atoms with E-state index in [0.717, 1.165) is 10.0 Å². The number of nitrogens with zero attached hydrogens (tertiary/aromatic N) is 2. The lowest BCUT2D eigenvalue weighted by molar-refractivity contribution is -0.119. The van der Waals surface area contributed by atoms with Crippen LogP contribution in [0.15, 0.2) is 63.9 Å². The van der Waals surface area contributed by atoms with Crippen LogP contribution in [0.5, 0.6) is 0 Å². The Hall–Kier alpha value is -3.11. The number of aromatic amines is 1. The number of hydrogen-bond donors (Lipinski definition) is 2. The molecule has 2 heterocycles. The topological polar surface area (TPSA) is 90.7 Å². The van der Waals surface area contributed by atoms with Crippen LogP contribution in [0.1, 0.15) is 17.0 Å². The Bertz CT molecular complexity index is 1090. The molecular formula is C19H13BrN4O2. The van der Waals surface area contributed by atoms with Crippen LogP contribution in [0, 0.1) is 17.2 Å². The van der Waals surface area contributed by atoms with Crippen LogP contribution in [0.2, 0.25) is 0 Å². The number of nitriles is 1. The Labute approximate surface area is 157 Å². The molecule has 3 aromatic rings. The van der Waals surface area contributed by atoms with Crippen LogP contribution in [0.25, 0.3) is 5.69 Å². The van der Waals surface area contributed by atoms with Crippen molar-refractivity contribution in [2.45, 2.75) is 5.92 Å². The average Bonchev–Trinajstić information content (AvgIpc) is 2.97. The Morgan fingerprint density at radius 1 is 1.08 bits per heavy atom. The van der Waals surface area contributed by atoms with E-state index in [-0.39, 0.29) is 5.56 Å². The van der Waals surface area contributed by atoms with Gasteiger partial charge in [-0.05, 0) is 29.8 Å². The SMILES string of the molecule is N#C[C@@H]1C(=O)Nc2[nH]n(-c3ccccc3)c(=O)c2[C@H]1c1cccc(Br)c1. The third-order valence-electron chi connectivity index (χ3n) is 4.46. The van der Waals surface area contributed by atoms with Crippen molar-refractivity contribution >= 4 is 27.7 Å². The highest BCUT2D eigenvalue weighted by Gasteiger charge is 2.41. The minimum absolute atomic E-state index is 0.281. The fourth-order valence-corrected chi connectivity index (χ4v) is 3.72. The lowest BCUT2D eigenvalue weighted by Crippen LogP contribution is -2.35. The molecule has 0 fully saturated rings. The third kappa shape index (κ3) is 2.55. The van der Waals surface area contributed by atoms with E-state index in [9.17, 15) is 14.9 Å². The Kier molecular flexibility index (Phi) is 3.98. The van der Waals surface area contributed by atoms with Crippen LogP contribution in [0.4, 0.5) is 5.82 Å². The van der Waals surface area contributed by atoms with E-state index in [0.29, 0.717) is 17.1 Å². The van der Waals surface area contributed by atoms with E-state index in [1.807, 2.05) is 48.5 Å². The van der Waals surface area contributed by atoms with Crippen molar-refractivity contribution in [3.8, 4) is 11.8 Å². The van der Waals surface area contributed by atoms with Crippen LogP contribution < -0.4 is 10.9 Å². The highest BCUT2D eigenvalue weighted by Crippen LogP contribution is 2.38. The van der Waals surface area contributed by atoms with Gasteiger partial charge in [-0.3, -0.25) is 14.7 Å². The fourth-order valence-electron chi connectivity index (χ4n) is 3.30. The summed E-state index contributed by atoms with van der Waals surface area (Å²) in [4.78, 5) is 25.5. The molecule has 0 unspecified atom stereocenters. The summed E-state index contributed by atoms with van der Waals surface area (Å²) in [6.07, 6.45) is 0. The smallest absolute Gasteiger partial charge is 0.277 e. The summed E-state index contributed by atoms with van der Waals surface area (Å²) in [6, 6.07) is 18.5. The lowest BCUT2D eigenvalue weighted by Gasteiger charge is -2.26. The van der Waals surface area contributed by atoms with E-state index in [4.69, 9.17) is 0 Å². The predicted molar refractivity (Wildman–Crippen MR) is 100 cm³/mol. The van der Waals surface area contributed by atoms with Gasteiger partial charge in [-0.25, -0.2) is 4.68 Å². The van der Waals surface area contributed by atoms with Gasteiger partial charge in [0.15, 0.2) is 0 Å². The Morgan fingerprint density at radius 3 is 2.54 bits per heavy atom. The summed E-state index contributed by atoms with van der Waals surface area (Å²) >= 11 is 3.41. The summed E-state index contributed by atoms with van der Waals surface area (Å²) in [7, 11) is 0. The van der Waals surface area contributed by atoms with Gasteiger partial charge in [0.1, 0.15) is 11.7 Å². The number of carbonyl (C=O) groups is 1. The van der Waals surface area contributed by atoms with Gasteiger partial charge in [0.05, 0.1) is 17.3 Å². The monoisotopic (exact) mass is 408 g/mol. The Morgan fingerprint density at radius 2 is 1.85 bits per heavy atom. The van der Waals surface area contributed by atoms with Crippen LogP contribution >= 0.6 is 15.9 Å². The molecular weight excluding hydrogens is 396 g/mol. The minimum atomic E-state index is -0.982. The molecule has 2 N–H and O–H groups in total. The van der Waals surface area contributed by atoms with Crippen molar-refractivity contribution < 1.29 is 4.79 Å². The molecule has 0 saturated heterocycles. The molecule has 2 atom stereocenters. The highest BCUT2D eigenvalue weighted by molar-refractivity contribution is 9.10. The number of halogens is 1. The maximum atomic E-state index is 13.1. The first kappa shape index (κ1) is 16.4. The van der Waals surface area contributed by atoms with Gasteiger partial charge in [0.25, 0.3) is 5.56 Å². The highest BCUT2D eigenvalue weighted by atomic mass is 79.9. The number of rotatable bonds is 2. The van der Waals surface area contributed by atoms with Crippen LogP contribution in [-0.4, -0.2) is 15.7 Å². The van der Waals surface area contributed by atoms with Crippen LogP contribution in [-0.2, 0) is 4.79 Å². The number of aromatic nitrogens is 2. The molecule has 1 aliphatic rings. The molecule has 1 aliphatic heterocycles. The second-order valence-corrected chi connectivity index (χ2v) is 6.92. The van der Waals surface area contributed by atoms with E-state index >= 15 is 0 Å². The summed E-state index contributed by atoms with van der Waals surface area (Å²) in [5.74, 6) is -1.72. The molecule has 0 radical (unpaired) electrons. The number of para-hydroxylation sites is 1. The van der Waals surface area contributed by atoms with Gasteiger partial charge < -0.3 is 5.32 Å². The molecule has 7 heteroatoms. The quantitative estimate of drug-likeness (QED) is 0.682. The zero-order valence-electron chi connectivity index (χ0n) is 13.4. The van der Waals surface area contributed by atoms with E-state index in [1.165, 1.54) is 4.68 Å². The molecule has 1 amide bonds. The first-order valence-electron chi connectivity index (χ1n) is 7.96. The van der Waals surface area contributed by atoms with Crippen molar-refractivity contribution in [2.24, 2.45) is 5.92 Å². The molecule has 6 nitrogen and oxygen atoms in total. The second kappa shape index (κ2) is 6.32. The minimum Gasteiger partial charge on any atom is -0.310 e. The van der Waals surface area contributed by atoms with Crippen molar-refractivity contribution in [3.63, 3.8) is 0 Å². The summed E-state index contributed by atoms with van der Waals surface area (Å²) < 4.78 is 2.20. The van der Waals surface area contributed by atoms with E-state index in [1.54, 1.807) is 12.1 Å². The predicted octanol–water partition coefficient (Wildman–Crippen LogP) is 3.15. The summed E-state index contributed by atoms with van der Waals surface area (Å²) in [5.41, 5.74) is 1.50. The molecule has 2 aromatic carbocycles. The van der Waals surface area contributed by atoms with Gasteiger partial charge in [0.2, 0.25) is 5.91 Å². The molecule has 0 saturated carbocycles. The number of anilines is 1. The third-order valence-corrected chi connectivity index (χ3v) is 4.96. The van der Waals surface area contributed by atoms with Crippen molar-refractivity contribution in [1.82, 2.24) is 9.78 Å².